The lowest BCUT2D eigenvalue weighted by Gasteiger charge is -2.34. The SMILES string of the molecule is O=C(CN1CCN(C(=O)c2cc3ccccc3oc2=O)CC1)Nc1ccc(OC(F)(F)F)cc1. The molecule has 0 aliphatic carbocycles. The standard InChI is InChI=1S/C23H20F3N3O5/c24-23(25,26)34-17-7-5-16(6-8-17)27-20(30)14-28-9-11-29(12-10-28)21(31)18-13-15-3-1-2-4-19(15)33-22(18)32/h1-8,13H,9-12,14H2,(H,27,30). The van der Waals surface area contributed by atoms with Crippen molar-refractivity contribution in [1.29, 1.82) is 0 Å². The summed E-state index contributed by atoms with van der Waals surface area (Å²) >= 11 is 0. The van der Waals surface area contributed by atoms with Gasteiger partial charge >= 0.3 is 12.0 Å². The number of carbonyl (C=O) groups is 2. The van der Waals surface area contributed by atoms with Gasteiger partial charge in [-0.05, 0) is 36.4 Å². The molecule has 1 aliphatic heterocycles. The van der Waals surface area contributed by atoms with Gasteiger partial charge in [-0.1, -0.05) is 18.2 Å². The van der Waals surface area contributed by atoms with E-state index in [4.69, 9.17) is 4.42 Å². The van der Waals surface area contributed by atoms with E-state index in [1.165, 1.54) is 23.1 Å². The van der Waals surface area contributed by atoms with E-state index in [0.29, 0.717) is 42.8 Å². The van der Waals surface area contributed by atoms with Crippen molar-refractivity contribution < 1.29 is 31.9 Å². The minimum absolute atomic E-state index is 0.0390. The number of carbonyl (C=O) groups excluding carboxylic acids is 2. The van der Waals surface area contributed by atoms with E-state index in [0.717, 1.165) is 12.1 Å². The predicted octanol–water partition coefficient (Wildman–Crippen LogP) is 3.09. The van der Waals surface area contributed by atoms with Gasteiger partial charge in [0.05, 0.1) is 6.54 Å². The number of hydrogen-bond donors (Lipinski definition) is 1. The monoisotopic (exact) mass is 475 g/mol. The van der Waals surface area contributed by atoms with E-state index in [-0.39, 0.29) is 23.8 Å². The largest absolute Gasteiger partial charge is 0.573 e. The minimum atomic E-state index is -4.79. The maximum absolute atomic E-state index is 12.8. The van der Waals surface area contributed by atoms with E-state index in [9.17, 15) is 27.6 Å². The molecule has 1 saturated heterocycles. The molecular formula is C23H20F3N3O5. The molecule has 2 aromatic carbocycles. The van der Waals surface area contributed by atoms with Gasteiger partial charge in [0.1, 0.15) is 16.9 Å². The van der Waals surface area contributed by atoms with E-state index < -0.39 is 17.9 Å². The Labute approximate surface area is 191 Å². The number of hydrogen-bond acceptors (Lipinski definition) is 6. The number of ether oxygens (including phenoxy) is 1. The normalized spacial score (nSPS) is 14.7. The summed E-state index contributed by atoms with van der Waals surface area (Å²) in [4.78, 5) is 40.8. The zero-order valence-corrected chi connectivity index (χ0v) is 17.8. The van der Waals surface area contributed by atoms with Gasteiger partial charge in [-0.25, -0.2) is 4.79 Å². The average Bonchev–Trinajstić information content (AvgIpc) is 2.79. The number of rotatable bonds is 5. The summed E-state index contributed by atoms with van der Waals surface area (Å²) in [6.07, 6.45) is -4.79. The molecule has 1 fully saturated rings. The van der Waals surface area contributed by atoms with Gasteiger partial charge in [0.2, 0.25) is 5.91 Å². The van der Waals surface area contributed by atoms with Crippen LogP contribution < -0.4 is 15.7 Å². The average molecular weight is 475 g/mol. The molecule has 2 heterocycles. The first-order valence-electron chi connectivity index (χ1n) is 10.4. The maximum atomic E-state index is 12.8. The Hall–Kier alpha value is -3.86. The van der Waals surface area contributed by atoms with Crippen LogP contribution in [0.2, 0.25) is 0 Å². The fourth-order valence-electron chi connectivity index (χ4n) is 3.63. The van der Waals surface area contributed by atoms with Crippen molar-refractivity contribution in [2.45, 2.75) is 6.36 Å². The number of anilines is 1. The number of amides is 2. The van der Waals surface area contributed by atoms with Crippen molar-refractivity contribution in [3.05, 3.63) is 70.6 Å². The second-order valence-corrected chi connectivity index (χ2v) is 7.67. The molecular weight excluding hydrogens is 455 g/mol. The number of halogens is 3. The van der Waals surface area contributed by atoms with Gasteiger partial charge in [-0.2, -0.15) is 0 Å². The minimum Gasteiger partial charge on any atom is -0.422 e. The quantitative estimate of drug-likeness (QED) is 0.571. The summed E-state index contributed by atoms with van der Waals surface area (Å²) in [5, 5.41) is 3.26. The third-order valence-corrected chi connectivity index (χ3v) is 5.27. The molecule has 2 amide bonds. The zero-order chi connectivity index (χ0) is 24.3. The van der Waals surface area contributed by atoms with E-state index in [1.54, 1.807) is 24.3 Å². The van der Waals surface area contributed by atoms with Gasteiger partial charge in [0.25, 0.3) is 5.91 Å². The van der Waals surface area contributed by atoms with Crippen LogP contribution in [0.25, 0.3) is 11.0 Å². The van der Waals surface area contributed by atoms with Crippen LogP contribution in [0, 0.1) is 0 Å². The number of fused-ring (bicyclic) bond motifs is 1. The summed E-state index contributed by atoms with van der Waals surface area (Å²) < 4.78 is 45.7. The van der Waals surface area contributed by atoms with Crippen LogP contribution in [0.5, 0.6) is 5.75 Å². The van der Waals surface area contributed by atoms with Crippen LogP contribution in [-0.2, 0) is 4.79 Å². The molecule has 4 rings (SSSR count). The van der Waals surface area contributed by atoms with Crippen LogP contribution in [0.4, 0.5) is 18.9 Å². The number of alkyl halides is 3. The molecule has 1 N–H and O–H groups in total. The number of benzene rings is 2. The summed E-state index contributed by atoms with van der Waals surface area (Å²) in [6.45, 7) is 1.51. The zero-order valence-electron chi connectivity index (χ0n) is 17.8. The van der Waals surface area contributed by atoms with Crippen molar-refractivity contribution in [2.24, 2.45) is 0 Å². The predicted molar refractivity (Wildman–Crippen MR) is 117 cm³/mol. The van der Waals surface area contributed by atoms with Gasteiger partial charge in [-0.15, -0.1) is 13.2 Å². The summed E-state index contributed by atoms with van der Waals surface area (Å²) in [7, 11) is 0. The third kappa shape index (κ3) is 5.73. The molecule has 8 nitrogen and oxygen atoms in total. The van der Waals surface area contributed by atoms with Crippen LogP contribution in [0.3, 0.4) is 0 Å². The molecule has 0 spiro atoms. The number of para-hydroxylation sites is 1. The first-order chi connectivity index (χ1) is 16.2. The lowest BCUT2D eigenvalue weighted by Crippen LogP contribution is -2.51. The fourth-order valence-corrected chi connectivity index (χ4v) is 3.63. The summed E-state index contributed by atoms with van der Waals surface area (Å²) in [5.74, 6) is -1.16. The van der Waals surface area contributed by atoms with Crippen molar-refractivity contribution >= 4 is 28.5 Å². The van der Waals surface area contributed by atoms with Crippen LogP contribution in [-0.4, -0.2) is 60.7 Å². The molecule has 1 aliphatic rings. The van der Waals surface area contributed by atoms with Gasteiger partial charge < -0.3 is 19.4 Å². The second-order valence-electron chi connectivity index (χ2n) is 7.67. The van der Waals surface area contributed by atoms with Crippen molar-refractivity contribution in [3.8, 4) is 5.75 Å². The molecule has 0 radical (unpaired) electrons. The first-order valence-corrected chi connectivity index (χ1v) is 10.4. The van der Waals surface area contributed by atoms with E-state index >= 15 is 0 Å². The molecule has 11 heteroatoms. The highest BCUT2D eigenvalue weighted by Gasteiger charge is 2.31. The topological polar surface area (TPSA) is 92.1 Å². The van der Waals surface area contributed by atoms with Gasteiger partial charge in [0.15, 0.2) is 0 Å². The number of piperazine rings is 1. The smallest absolute Gasteiger partial charge is 0.422 e. The van der Waals surface area contributed by atoms with Gasteiger partial charge in [-0.3, -0.25) is 14.5 Å². The Morgan fingerprint density at radius 2 is 1.68 bits per heavy atom. The van der Waals surface area contributed by atoms with E-state index in [2.05, 4.69) is 10.1 Å². The highest BCUT2D eigenvalue weighted by atomic mass is 19.4. The Morgan fingerprint density at radius 1 is 1.00 bits per heavy atom. The summed E-state index contributed by atoms with van der Waals surface area (Å²) in [6, 6.07) is 13.3. The molecule has 0 unspecified atom stereocenters. The molecule has 0 saturated carbocycles. The highest BCUT2D eigenvalue weighted by Crippen LogP contribution is 2.24. The van der Waals surface area contributed by atoms with E-state index in [1.807, 2.05) is 4.90 Å². The van der Waals surface area contributed by atoms with Crippen LogP contribution in [0.15, 0.2) is 63.8 Å². The number of nitrogens with zero attached hydrogens (tertiary/aromatic N) is 2. The van der Waals surface area contributed by atoms with Gasteiger partial charge in [0, 0.05) is 37.3 Å². The van der Waals surface area contributed by atoms with Crippen molar-refractivity contribution in [3.63, 3.8) is 0 Å². The molecule has 0 bridgehead atoms. The Morgan fingerprint density at radius 3 is 2.35 bits per heavy atom. The Balaban J connectivity index is 1.29. The Bertz CT molecular complexity index is 1250. The molecule has 3 aromatic rings. The molecule has 34 heavy (non-hydrogen) atoms. The number of nitrogens with one attached hydrogen (secondary N) is 1. The van der Waals surface area contributed by atoms with Crippen molar-refractivity contribution in [1.82, 2.24) is 9.80 Å². The maximum Gasteiger partial charge on any atom is 0.573 e. The molecule has 1 aromatic heterocycles. The van der Waals surface area contributed by atoms with Crippen LogP contribution >= 0.6 is 0 Å². The second kappa shape index (κ2) is 9.56. The summed E-state index contributed by atoms with van der Waals surface area (Å²) in [5.41, 5.74) is -0.00114. The Kier molecular flexibility index (Phi) is 6.55. The molecule has 0 atom stereocenters. The van der Waals surface area contributed by atoms with Crippen molar-refractivity contribution in [2.75, 3.05) is 38.0 Å². The highest BCUT2D eigenvalue weighted by molar-refractivity contribution is 5.96. The lowest BCUT2D eigenvalue weighted by molar-refractivity contribution is -0.274. The fraction of sp³-hybridized carbons (Fsp3) is 0.261. The third-order valence-electron chi connectivity index (χ3n) is 5.27. The first kappa shape index (κ1) is 23.3. The molecule has 178 valence electrons. The lowest BCUT2D eigenvalue weighted by atomic mass is 10.1. The van der Waals surface area contributed by atoms with Crippen LogP contribution in [0.1, 0.15) is 10.4 Å².